The summed E-state index contributed by atoms with van der Waals surface area (Å²) in [4.78, 5) is 22.0. The molecule has 1 saturated heterocycles. The van der Waals surface area contributed by atoms with Gasteiger partial charge in [-0.05, 0) is 30.5 Å². The van der Waals surface area contributed by atoms with E-state index in [0.717, 1.165) is 24.3 Å². The second-order valence-electron chi connectivity index (χ2n) is 5.68. The van der Waals surface area contributed by atoms with Crippen LogP contribution in [0.1, 0.15) is 34.7 Å². The summed E-state index contributed by atoms with van der Waals surface area (Å²) in [6.07, 6.45) is 5.70. The molecule has 1 fully saturated rings. The molecule has 1 N–H and O–H groups in total. The molecule has 6 nitrogen and oxygen atoms in total. The Kier molecular flexibility index (Phi) is 2.96. The number of hydrogen-bond donors (Lipinski definition) is 1. The fraction of sp³-hybridized carbons (Fsp3) is 0.312. The van der Waals surface area contributed by atoms with Crippen LogP contribution in [0.4, 0.5) is 11.4 Å². The molecule has 1 aromatic carbocycles. The Morgan fingerprint density at radius 3 is 2.82 bits per heavy atom. The molecule has 0 amide bonds. The molecule has 22 heavy (non-hydrogen) atoms. The van der Waals surface area contributed by atoms with Crippen LogP contribution in [-0.2, 0) is 6.54 Å². The summed E-state index contributed by atoms with van der Waals surface area (Å²) in [5, 5.41) is 9.03. The van der Waals surface area contributed by atoms with Crippen molar-refractivity contribution in [2.24, 2.45) is 4.99 Å². The van der Waals surface area contributed by atoms with Crippen LogP contribution in [0.15, 0.2) is 29.4 Å². The van der Waals surface area contributed by atoms with Gasteiger partial charge in [0.1, 0.15) is 0 Å². The molecule has 0 spiro atoms. The maximum atomic E-state index is 11.0. The third-order valence-corrected chi connectivity index (χ3v) is 4.23. The van der Waals surface area contributed by atoms with Gasteiger partial charge in [0.05, 0.1) is 18.4 Å². The van der Waals surface area contributed by atoms with E-state index in [0.29, 0.717) is 12.4 Å². The van der Waals surface area contributed by atoms with Gasteiger partial charge in [-0.1, -0.05) is 6.07 Å². The minimum atomic E-state index is -1.02. The number of aromatic nitrogens is 2. The maximum Gasteiger partial charge on any atom is 0.356 e. The van der Waals surface area contributed by atoms with E-state index in [1.54, 1.807) is 12.4 Å². The summed E-state index contributed by atoms with van der Waals surface area (Å²) in [5.41, 5.74) is 3.27. The number of carboxylic acid groups (broad SMARTS) is 1. The molecule has 112 valence electrons. The predicted molar refractivity (Wildman–Crippen MR) is 83.4 cm³/mol. The van der Waals surface area contributed by atoms with Gasteiger partial charge in [0.15, 0.2) is 11.5 Å². The van der Waals surface area contributed by atoms with Crippen molar-refractivity contribution in [2.75, 3.05) is 18.0 Å². The van der Waals surface area contributed by atoms with E-state index < -0.39 is 5.97 Å². The highest BCUT2D eigenvalue weighted by Gasteiger charge is 2.18. The molecule has 0 unspecified atom stereocenters. The number of aliphatic imine (C=N–C) groups is 1. The topological polar surface area (TPSA) is 70.7 Å². The van der Waals surface area contributed by atoms with Gasteiger partial charge in [-0.25, -0.2) is 9.78 Å². The second-order valence-corrected chi connectivity index (χ2v) is 5.68. The third-order valence-electron chi connectivity index (χ3n) is 4.23. The number of fused-ring (bicyclic) bond motifs is 2. The fourth-order valence-electron chi connectivity index (χ4n) is 3.05. The fourth-order valence-corrected chi connectivity index (χ4v) is 3.05. The van der Waals surface area contributed by atoms with Gasteiger partial charge in [0.2, 0.25) is 0 Å². The molecule has 6 heteroatoms. The first kappa shape index (κ1) is 13.1. The third kappa shape index (κ3) is 2.16. The van der Waals surface area contributed by atoms with Crippen molar-refractivity contribution in [1.29, 1.82) is 0 Å². The Balaban J connectivity index is 1.70. The monoisotopic (exact) mass is 296 g/mol. The van der Waals surface area contributed by atoms with Gasteiger partial charge < -0.3 is 14.6 Å². The molecule has 2 aliphatic heterocycles. The molecule has 0 radical (unpaired) electrons. The molecule has 3 heterocycles. The summed E-state index contributed by atoms with van der Waals surface area (Å²) in [5.74, 6) is -0.435. The highest BCUT2D eigenvalue weighted by Crippen LogP contribution is 2.30. The minimum absolute atomic E-state index is 0.0542. The second kappa shape index (κ2) is 4.98. The largest absolute Gasteiger partial charge is 0.476 e. The van der Waals surface area contributed by atoms with Gasteiger partial charge in [0.25, 0.3) is 0 Å². The van der Waals surface area contributed by atoms with E-state index >= 15 is 0 Å². The molecule has 0 saturated carbocycles. The Labute approximate surface area is 127 Å². The Morgan fingerprint density at radius 2 is 2.05 bits per heavy atom. The molecular weight excluding hydrogens is 280 g/mol. The maximum absolute atomic E-state index is 11.0. The summed E-state index contributed by atoms with van der Waals surface area (Å²) < 4.78 is 1.83. The molecule has 4 rings (SSSR count). The Bertz CT molecular complexity index is 772. The van der Waals surface area contributed by atoms with Crippen molar-refractivity contribution in [3.8, 4) is 0 Å². The van der Waals surface area contributed by atoms with E-state index in [9.17, 15) is 4.79 Å². The smallest absolute Gasteiger partial charge is 0.356 e. The van der Waals surface area contributed by atoms with E-state index in [-0.39, 0.29) is 5.69 Å². The zero-order chi connectivity index (χ0) is 15.1. The lowest BCUT2D eigenvalue weighted by atomic mass is 10.1. The number of imidazole rings is 1. The predicted octanol–water partition coefficient (Wildman–Crippen LogP) is 2.29. The number of carbonyl (C=O) groups is 1. The molecule has 0 aliphatic carbocycles. The first-order valence-corrected chi connectivity index (χ1v) is 7.43. The van der Waals surface area contributed by atoms with E-state index in [4.69, 9.17) is 5.11 Å². The summed E-state index contributed by atoms with van der Waals surface area (Å²) >= 11 is 0. The molecule has 0 bridgehead atoms. The molecule has 2 aliphatic rings. The number of hydrogen-bond acceptors (Lipinski definition) is 4. The van der Waals surface area contributed by atoms with Gasteiger partial charge in [-0.3, -0.25) is 4.99 Å². The highest BCUT2D eigenvalue weighted by molar-refractivity contribution is 5.88. The SMILES string of the molecule is O=C(O)c1cn2c(n1)C=Nc1cc(N3CCCC3)ccc1C2. The van der Waals surface area contributed by atoms with Crippen LogP contribution in [0, 0.1) is 0 Å². The first-order chi connectivity index (χ1) is 10.7. The van der Waals surface area contributed by atoms with Crippen molar-refractivity contribution in [3.63, 3.8) is 0 Å². The molecule has 1 aromatic heterocycles. The molecule has 0 atom stereocenters. The van der Waals surface area contributed by atoms with Gasteiger partial charge in [-0.2, -0.15) is 0 Å². The van der Waals surface area contributed by atoms with Crippen LogP contribution in [0.3, 0.4) is 0 Å². The minimum Gasteiger partial charge on any atom is -0.476 e. The summed E-state index contributed by atoms with van der Waals surface area (Å²) in [7, 11) is 0. The van der Waals surface area contributed by atoms with E-state index in [1.807, 2.05) is 4.57 Å². The van der Waals surface area contributed by atoms with Gasteiger partial charge in [0, 0.05) is 25.0 Å². The van der Waals surface area contributed by atoms with Crippen LogP contribution in [0.5, 0.6) is 0 Å². The van der Waals surface area contributed by atoms with Crippen molar-refractivity contribution in [3.05, 3.63) is 41.5 Å². The average Bonchev–Trinajstić information content (AvgIpc) is 3.14. The lowest BCUT2D eigenvalue weighted by molar-refractivity contribution is 0.0691. The van der Waals surface area contributed by atoms with Gasteiger partial charge in [-0.15, -0.1) is 0 Å². The van der Waals surface area contributed by atoms with Crippen molar-refractivity contribution in [1.82, 2.24) is 9.55 Å². The summed E-state index contributed by atoms with van der Waals surface area (Å²) in [6.45, 7) is 2.79. The van der Waals surface area contributed by atoms with Crippen LogP contribution >= 0.6 is 0 Å². The molecular formula is C16H16N4O2. The number of benzene rings is 1. The van der Waals surface area contributed by atoms with Crippen LogP contribution in [-0.4, -0.2) is 39.9 Å². The summed E-state index contributed by atoms with van der Waals surface area (Å²) in [6, 6.07) is 6.32. The van der Waals surface area contributed by atoms with E-state index in [2.05, 4.69) is 33.1 Å². The zero-order valence-electron chi connectivity index (χ0n) is 12.1. The van der Waals surface area contributed by atoms with Crippen LogP contribution in [0.2, 0.25) is 0 Å². The van der Waals surface area contributed by atoms with Crippen LogP contribution < -0.4 is 4.90 Å². The standard InChI is InChI=1S/C16H16N4O2/c21-16(22)14-10-20-9-11-3-4-12(19-5-1-2-6-19)7-13(11)17-8-15(20)18-14/h3-4,7-8,10H,1-2,5-6,9H2,(H,21,22). The molecule has 2 aromatic rings. The first-order valence-electron chi connectivity index (χ1n) is 7.43. The van der Waals surface area contributed by atoms with E-state index in [1.165, 1.54) is 18.5 Å². The van der Waals surface area contributed by atoms with Crippen LogP contribution in [0.25, 0.3) is 0 Å². The highest BCUT2D eigenvalue weighted by atomic mass is 16.4. The van der Waals surface area contributed by atoms with Crippen molar-refractivity contribution >= 4 is 23.6 Å². The van der Waals surface area contributed by atoms with Crippen molar-refractivity contribution < 1.29 is 9.90 Å². The number of carboxylic acids is 1. The normalized spacial score (nSPS) is 16.3. The number of aromatic carboxylic acids is 1. The number of nitrogens with zero attached hydrogens (tertiary/aromatic N) is 4. The lowest BCUT2D eigenvalue weighted by Gasteiger charge is -2.18. The zero-order valence-corrected chi connectivity index (χ0v) is 12.1. The quantitative estimate of drug-likeness (QED) is 0.787. The average molecular weight is 296 g/mol. The number of rotatable bonds is 2. The Morgan fingerprint density at radius 1 is 1.23 bits per heavy atom. The van der Waals surface area contributed by atoms with Gasteiger partial charge >= 0.3 is 5.97 Å². The Hall–Kier alpha value is -2.63. The van der Waals surface area contributed by atoms with Crippen molar-refractivity contribution in [2.45, 2.75) is 19.4 Å². The number of anilines is 1. The lowest BCUT2D eigenvalue weighted by Crippen LogP contribution is -2.17.